The van der Waals surface area contributed by atoms with Crippen molar-refractivity contribution in [3.63, 3.8) is 0 Å². The molecule has 2 aromatic carbocycles. The minimum atomic E-state index is -0.596. The maximum absolute atomic E-state index is 14.5. The van der Waals surface area contributed by atoms with Crippen LogP contribution in [0.15, 0.2) is 41.8 Å². The molecular formula is C22H18ClFO3S. The first kappa shape index (κ1) is 20.2. The monoisotopic (exact) mass is 416 g/mol. The summed E-state index contributed by atoms with van der Waals surface area (Å²) in [7, 11) is 1.27. The number of esters is 1. The van der Waals surface area contributed by atoms with Gasteiger partial charge in [-0.1, -0.05) is 29.8 Å². The molecular weight excluding hydrogens is 399 g/mol. The fraction of sp³-hybridized carbons (Fsp3) is 0.182. The number of halogens is 2. The summed E-state index contributed by atoms with van der Waals surface area (Å²) in [6, 6.07) is 9.93. The molecule has 0 aliphatic rings. The molecule has 0 N–H and O–H groups in total. The van der Waals surface area contributed by atoms with Gasteiger partial charge in [0.15, 0.2) is 5.78 Å². The summed E-state index contributed by atoms with van der Waals surface area (Å²) >= 11 is 7.23. The van der Waals surface area contributed by atoms with E-state index in [2.05, 4.69) is 0 Å². The van der Waals surface area contributed by atoms with Crippen LogP contribution in [-0.2, 0) is 11.2 Å². The van der Waals surface area contributed by atoms with Gasteiger partial charge in [0.1, 0.15) is 5.82 Å². The molecule has 0 amide bonds. The van der Waals surface area contributed by atoms with Crippen molar-refractivity contribution in [3.8, 4) is 10.4 Å². The molecule has 0 fully saturated rings. The Hall–Kier alpha value is -2.50. The Morgan fingerprint density at radius 3 is 2.57 bits per heavy atom. The van der Waals surface area contributed by atoms with Crippen LogP contribution in [0.1, 0.15) is 37.4 Å². The molecule has 0 saturated heterocycles. The van der Waals surface area contributed by atoms with Crippen molar-refractivity contribution >= 4 is 34.7 Å². The van der Waals surface area contributed by atoms with Gasteiger partial charge in [0, 0.05) is 22.6 Å². The Balaban J connectivity index is 2.05. The highest BCUT2D eigenvalue weighted by Crippen LogP contribution is 2.36. The lowest BCUT2D eigenvalue weighted by atomic mass is 9.97. The third-order valence-electron chi connectivity index (χ3n) is 4.48. The van der Waals surface area contributed by atoms with E-state index < -0.39 is 11.8 Å². The van der Waals surface area contributed by atoms with E-state index in [0.29, 0.717) is 26.6 Å². The second-order valence-corrected chi connectivity index (χ2v) is 7.82. The smallest absolute Gasteiger partial charge is 0.339 e. The summed E-state index contributed by atoms with van der Waals surface area (Å²) in [5.74, 6) is -1.18. The average molecular weight is 417 g/mol. The van der Waals surface area contributed by atoms with E-state index in [1.54, 1.807) is 42.6 Å². The Kier molecular flexibility index (Phi) is 5.96. The number of hydrogen-bond donors (Lipinski definition) is 0. The van der Waals surface area contributed by atoms with Gasteiger partial charge in [0.2, 0.25) is 0 Å². The van der Waals surface area contributed by atoms with Crippen molar-refractivity contribution in [2.45, 2.75) is 20.3 Å². The van der Waals surface area contributed by atoms with Crippen LogP contribution in [0.25, 0.3) is 10.4 Å². The number of ether oxygens (including phenoxy) is 1. The van der Waals surface area contributed by atoms with Crippen LogP contribution < -0.4 is 0 Å². The molecule has 0 bridgehead atoms. The van der Waals surface area contributed by atoms with E-state index in [9.17, 15) is 14.0 Å². The number of Topliss-reactive ketones (excluding diaryl/α,β-unsaturated/α-hetero) is 1. The third-order valence-corrected chi connectivity index (χ3v) is 5.77. The summed E-state index contributed by atoms with van der Waals surface area (Å²) in [5, 5.41) is 2.17. The van der Waals surface area contributed by atoms with Crippen LogP contribution in [0.2, 0.25) is 5.02 Å². The zero-order valence-corrected chi connectivity index (χ0v) is 17.2. The first-order chi connectivity index (χ1) is 13.3. The molecule has 144 valence electrons. The van der Waals surface area contributed by atoms with Gasteiger partial charge < -0.3 is 4.74 Å². The zero-order chi connectivity index (χ0) is 20.4. The Bertz CT molecular complexity index is 1070. The van der Waals surface area contributed by atoms with Gasteiger partial charge in [0.25, 0.3) is 0 Å². The fourth-order valence-corrected chi connectivity index (χ4v) is 4.27. The lowest BCUT2D eigenvalue weighted by Crippen LogP contribution is -2.10. The number of thiophene rings is 1. The van der Waals surface area contributed by atoms with E-state index in [1.165, 1.54) is 24.5 Å². The van der Waals surface area contributed by atoms with Crippen molar-refractivity contribution in [2.24, 2.45) is 0 Å². The summed E-state index contributed by atoms with van der Waals surface area (Å²) < 4.78 is 19.4. The van der Waals surface area contributed by atoms with Gasteiger partial charge in [-0.25, -0.2) is 9.18 Å². The maximum atomic E-state index is 14.5. The lowest BCUT2D eigenvalue weighted by Gasteiger charge is -2.09. The minimum absolute atomic E-state index is 0.00437. The maximum Gasteiger partial charge on any atom is 0.339 e. The molecule has 1 aromatic heterocycles. The number of carbonyl (C=O) groups is 2. The van der Waals surface area contributed by atoms with E-state index in [4.69, 9.17) is 16.3 Å². The van der Waals surface area contributed by atoms with Crippen LogP contribution in [0.3, 0.4) is 0 Å². The highest BCUT2D eigenvalue weighted by atomic mass is 35.5. The predicted octanol–water partition coefficient (Wildman–Crippen LogP) is 6.04. The molecule has 0 atom stereocenters. The third kappa shape index (κ3) is 4.01. The van der Waals surface area contributed by atoms with Crippen LogP contribution in [0, 0.1) is 19.7 Å². The van der Waals surface area contributed by atoms with Gasteiger partial charge in [-0.2, -0.15) is 0 Å². The summed E-state index contributed by atoms with van der Waals surface area (Å²) in [6.07, 6.45) is -0.00437. The first-order valence-corrected chi connectivity index (χ1v) is 9.82. The molecule has 6 heteroatoms. The van der Waals surface area contributed by atoms with Crippen molar-refractivity contribution in [1.29, 1.82) is 0 Å². The highest BCUT2D eigenvalue weighted by Gasteiger charge is 2.24. The molecule has 3 nitrogen and oxygen atoms in total. The molecule has 28 heavy (non-hydrogen) atoms. The van der Waals surface area contributed by atoms with E-state index in [-0.39, 0.29) is 17.8 Å². The first-order valence-electron chi connectivity index (χ1n) is 8.56. The normalized spacial score (nSPS) is 10.8. The van der Waals surface area contributed by atoms with Crippen molar-refractivity contribution in [2.75, 3.05) is 7.11 Å². The number of hydrogen-bond acceptors (Lipinski definition) is 4. The van der Waals surface area contributed by atoms with Gasteiger partial charge >= 0.3 is 5.97 Å². The number of benzene rings is 2. The largest absolute Gasteiger partial charge is 0.465 e. The Morgan fingerprint density at radius 2 is 1.89 bits per heavy atom. The lowest BCUT2D eigenvalue weighted by molar-refractivity contribution is 0.0601. The number of methoxy groups -OCH3 is 1. The standard InChI is InChI=1S/C22H18ClFO3S/c1-12-4-7-16(18(24)8-12)21-20(22(26)27-3)14(11-28-21)9-19(25)17-10-15(23)6-5-13(17)2/h4-8,10-11H,9H2,1-3H3. The fourth-order valence-electron chi connectivity index (χ4n) is 3.01. The molecule has 3 aromatic rings. The van der Waals surface area contributed by atoms with Crippen LogP contribution in [0.5, 0.6) is 0 Å². The van der Waals surface area contributed by atoms with Gasteiger partial charge in [-0.3, -0.25) is 4.79 Å². The van der Waals surface area contributed by atoms with Gasteiger partial charge in [-0.05, 0) is 54.1 Å². The Labute approximate surface area is 171 Å². The summed E-state index contributed by atoms with van der Waals surface area (Å²) in [5.41, 5.74) is 3.13. The van der Waals surface area contributed by atoms with Gasteiger partial charge in [-0.15, -0.1) is 11.3 Å². The molecule has 0 spiro atoms. The molecule has 0 unspecified atom stereocenters. The minimum Gasteiger partial charge on any atom is -0.465 e. The van der Waals surface area contributed by atoms with Crippen LogP contribution in [0.4, 0.5) is 4.39 Å². The predicted molar refractivity (Wildman–Crippen MR) is 110 cm³/mol. The summed E-state index contributed by atoms with van der Waals surface area (Å²) in [4.78, 5) is 25.7. The molecule has 0 saturated carbocycles. The Morgan fingerprint density at radius 1 is 1.14 bits per heavy atom. The summed E-state index contributed by atoms with van der Waals surface area (Å²) in [6.45, 7) is 3.62. The van der Waals surface area contributed by atoms with Crippen LogP contribution >= 0.6 is 22.9 Å². The second-order valence-electron chi connectivity index (χ2n) is 6.50. The molecule has 1 heterocycles. The average Bonchev–Trinajstić information content (AvgIpc) is 3.06. The number of carbonyl (C=O) groups excluding carboxylic acids is 2. The van der Waals surface area contributed by atoms with Crippen LogP contribution in [-0.4, -0.2) is 18.9 Å². The second kappa shape index (κ2) is 8.25. The SMILES string of the molecule is COC(=O)c1c(CC(=O)c2cc(Cl)ccc2C)csc1-c1ccc(C)cc1F. The van der Waals surface area contributed by atoms with Gasteiger partial charge in [0.05, 0.1) is 17.6 Å². The topological polar surface area (TPSA) is 43.4 Å². The molecule has 0 radical (unpaired) electrons. The molecule has 3 rings (SSSR count). The molecule has 0 aliphatic heterocycles. The zero-order valence-electron chi connectivity index (χ0n) is 15.6. The van der Waals surface area contributed by atoms with E-state index in [1.807, 2.05) is 6.92 Å². The van der Waals surface area contributed by atoms with Crippen molar-refractivity contribution < 1.29 is 18.7 Å². The number of rotatable bonds is 5. The van der Waals surface area contributed by atoms with E-state index >= 15 is 0 Å². The van der Waals surface area contributed by atoms with E-state index in [0.717, 1.165) is 11.1 Å². The number of aryl methyl sites for hydroxylation is 2. The highest BCUT2D eigenvalue weighted by molar-refractivity contribution is 7.14. The van der Waals surface area contributed by atoms with Crippen molar-refractivity contribution in [1.82, 2.24) is 0 Å². The quantitative estimate of drug-likeness (QED) is 0.376. The number of ketones is 1. The molecule has 0 aliphatic carbocycles. The van der Waals surface area contributed by atoms with Crippen molar-refractivity contribution in [3.05, 3.63) is 80.4 Å².